The maximum atomic E-state index is 13.7. The van der Waals surface area contributed by atoms with Crippen LogP contribution in [0.25, 0.3) is 0 Å². The Morgan fingerprint density at radius 2 is 2.20 bits per heavy atom. The van der Waals surface area contributed by atoms with Gasteiger partial charge in [0.25, 0.3) is 0 Å². The van der Waals surface area contributed by atoms with Gasteiger partial charge in [-0.25, -0.2) is 8.78 Å². The quantitative estimate of drug-likeness (QED) is 0.647. The van der Waals surface area contributed by atoms with E-state index in [2.05, 4.69) is 26.5 Å². The number of aromatic nitrogens is 2. The van der Waals surface area contributed by atoms with Crippen LogP contribution >= 0.6 is 15.9 Å². The first-order chi connectivity index (χ1) is 9.56. The lowest BCUT2D eigenvalue weighted by molar-refractivity contribution is 0.477. The van der Waals surface area contributed by atoms with Gasteiger partial charge in [-0.3, -0.25) is 16.0 Å². The van der Waals surface area contributed by atoms with Gasteiger partial charge in [-0.2, -0.15) is 5.10 Å². The number of benzene rings is 1. The second-order valence-corrected chi connectivity index (χ2v) is 5.21. The van der Waals surface area contributed by atoms with Gasteiger partial charge in [0.15, 0.2) is 0 Å². The van der Waals surface area contributed by atoms with E-state index in [1.54, 1.807) is 10.9 Å². The zero-order valence-electron chi connectivity index (χ0n) is 10.9. The molecule has 0 bridgehead atoms. The van der Waals surface area contributed by atoms with Crippen LogP contribution in [0.1, 0.15) is 24.2 Å². The molecule has 0 amide bonds. The minimum absolute atomic E-state index is 0.299. The summed E-state index contributed by atoms with van der Waals surface area (Å²) in [4.78, 5) is 0. The van der Waals surface area contributed by atoms with Gasteiger partial charge in [0, 0.05) is 12.6 Å². The number of hydrogen-bond donors (Lipinski definition) is 2. The van der Waals surface area contributed by atoms with Crippen LogP contribution < -0.4 is 11.3 Å². The fourth-order valence-electron chi connectivity index (χ4n) is 2.11. The summed E-state index contributed by atoms with van der Waals surface area (Å²) >= 11 is 3.41. The van der Waals surface area contributed by atoms with Gasteiger partial charge in [-0.15, -0.1) is 0 Å². The zero-order valence-corrected chi connectivity index (χ0v) is 12.5. The first kappa shape index (κ1) is 15.1. The van der Waals surface area contributed by atoms with Crippen molar-refractivity contribution in [2.45, 2.75) is 25.9 Å². The predicted molar refractivity (Wildman–Crippen MR) is 75.7 cm³/mol. The minimum atomic E-state index is -0.594. The average molecular weight is 345 g/mol. The molecule has 0 saturated carbocycles. The predicted octanol–water partition coefficient (Wildman–Crippen LogP) is 2.69. The molecule has 0 fully saturated rings. The Kier molecular flexibility index (Phi) is 4.85. The van der Waals surface area contributed by atoms with E-state index in [-0.39, 0.29) is 6.04 Å². The van der Waals surface area contributed by atoms with Gasteiger partial charge in [0.2, 0.25) is 0 Å². The molecule has 0 spiro atoms. The zero-order chi connectivity index (χ0) is 14.7. The summed E-state index contributed by atoms with van der Waals surface area (Å²) in [5, 5.41) is 4.20. The summed E-state index contributed by atoms with van der Waals surface area (Å²) in [5.41, 5.74) is 3.88. The van der Waals surface area contributed by atoms with Crippen molar-refractivity contribution in [1.82, 2.24) is 15.2 Å². The van der Waals surface area contributed by atoms with Crippen molar-refractivity contribution in [2.24, 2.45) is 5.84 Å². The van der Waals surface area contributed by atoms with E-state index in [1.807, 2.05) is 6.92 Å². The molecule has 0 aliphatic carbocycles. The fraction of sp³-hybridized carbons (Fsp3) is 0.308. The summed E-state index contributed by atoms with van der Waals surface area (Å²) in [6.07, 6.45) is 1.97. The second-order valence-electron chi connectivity index (χ2n) is 4.35. The Morgan fingerprint density at radius 1 is 1.45 bits per heavy atom. The number of nitrogens with one attached hydrogen (secondary N) is 1. The third-order valence-corrected chi connectivity index (χ3v) is 3.71. The van der Waals surface area contributed by atoms with E-state index in [9.17, 15) is 8.78 Å². The van der Waals surface area contributed by atoms with Gasteiger partial charge in [-0.1, -0.05) is 6.07 Å². The first-order valence-electron chi connectivity index (χ1n) is 6.18. The number of nitrogens with zero attached hydrogens (tertiary/aromatic N) is 2. The van der Waals surface area contributed by atoms with Crippen molar-refractivity contribution >= 4 is 15.9 Å². The van der Waals surface area contributed by atoms with Gasteiger partial charge in [0.1, 0.15) is 11.6 Å². The lowest BCUT2D eigenvalue weighted by Crippen LogP contribution is -2.32. The molecule has 1 heterocycles. The Hall–Kier alpha value is -1.31. The van der Waals surface area contributed by atoms with Crippen LogP contribution in [-0.4, -0.2) is 9.78 Å². The summed E-state index contributed by atoms with van der Waals surface area (Å²) in [6, 6.07) is 3.20. The summed E-state index contributed by atoms with van der Waals surface area (Å²) < 4.78 is 29.2. The fourth-order valence-corrected chi connectivity index (χ4v) is 2.68. The third-order valence-electron chi connectivity index (χ3n) is 3.10. The van der Waals surface area contributed by atoms with Crippen LogP contribution in [0.2, 0.25) is 0 Å². The molecule has 2 aromatic rings. The highest BCUT2D eigenvalue weighted by Crippen LogP contribution is 2.26. The largest absolute Gasteiger partial charge is 0.271 e. The van der Waals surface area contributed by atoms with E-state index >= 15 is 0 Å². The molecule has 2 rings (SSSR count). The normalized spacial score (nSPS) is 12.7. The molecular formula is C13H15BrF2N4. The molecule has 1 aromatic heterocycles. The number of hydrazine groups is 1. The van der Waals surface area contributed by atoms with Gasteiger partial charge >= 0.3 is 0 Å². The van der Waals surface area contributed by atoms with Crippen LogP contribution in [-0.2, 0) is 13.0 Å². The molecule has 0 saturated heterocycles. The highest BCUT2D eigenvalue weighted by atomic mass is 79.9. The van der Waals surface area contributed by atoms with Crippen LogP contribution in [0.15, 0.2) is 28.9 Å². The van der Waals surface area contributed by atoms with E-state index in [1.165, 1.54) is 12.1 Å². The van der Waals surface area contributed by atoms with Crippen molar-refractivity contribution < 1.29 is 8.78 Å². The number of nitrogens with two attached hydrogens (primary N) is 1. The maximum absolute atomic E-state index is 13.7. The second kappa shape index (κ2) is 6.43. The Bertz CT molecular complexity index is 600. The molecule has 0 aliphatic rings. The highest BCUT2D eigenvalue weighted by Gasteiger charge is 2.20. The van der Waals surface area contributed by atoms with Crippen LogP contribution in [0.4, 0.5) is 8.78 Å². The monoisotopic (exact) mass is 344 g/mol. The van der Waals surface area contributed by atoms with Crippen LogP contribution in [0.3, 0.4) is 0 Å². The Labute approximate surface area is 124 Å². The Balaban J connectivity index is 2.31. The molecule has 1 atom stereocenters. The smallest absolute Gasteiger partial charge is 0.129 e. The highest BCUT2D eigenvalue weighted by molar-refractivity contribution is 9.10. The van der Waals surface area contributed by atoms with E-state index in [4.69, 9.17) is 5.84 Å². The lowest BCUT2D eigenvalue weighted by Gasteiger charge is -2.18. The van der Waals surface area contributed by atoms with Gasteiger partial charge < -0.3 is 0 Å². The average Bonchev–Trinajstić information content (AvgIpc) is 2.79. The summed E-state index contributed by atoms with van der Waals surface area (Å²) in [6.45, 7) is 2.63. The van der Waals surface area contributed by atoms with Gasteiger partial charge in [0.05, 0.1) is 22.4 Å². The van der Waals surface area contributed by atoms with Gasteiger partial charge in [-0.05, 0) is 40.9 Å². The molecule has 3 N–H and O–H groups in total. The first-order valence-corrected chi connectivity index (χ1v) is 6.97. The van der Waals surface area contributed by atoms with E-state index in [0.29, 0.717) is 18.5 Å². The molecule has 0 aliphatic heterocycles. The molecule has 7 heteroatoms. The van der Waals surface area contributed by atoms with Crippen LogP contribution in [0, 0.1) is 11.6 Å². The summed E-state index contributed by atoms with van der Waals surface area (Å²) in [7, 11) is 0. The Morgan fingerprint density at radius 3 is 2.80 bits per heavy atom. The SMILES string of the molecule is CCn1ncc(Br)c1C(Cc1ccc(F)cc1F)NN. The van der Waals surface area contributed by atoms with Crippen molar-refractivity contribution in [3.8, 4) is 0 Å². The van der Waals surface area contributed by atoms with Crippen molar-refractivity contribution in [3.05, 3.63) is 51.8 Å². The summed E-state index contributed by atoms with van der Waals surface area (Å²) in [5.74, 6) is 4.40. The number of halogens is 3. The molecule has 108 valence electrons. The number of hydrogen-bond acceptors (Lipinski definition) is 3. The molecule has 1 aromatic carbocycles. The molecule has 1 unspecified atom stereocenters. The lowest BCUT2D eigenvalue weighted by atomic mass is 10.0. The third kappa shape index (κ3) is 3.05. The van der Waals surface area contributed by atoms with E-state index < -0.39 is 11.6 Å². The number of rotatable bonds is 5. The molecule has 20 heavy (non-hydrogen) atoms. The van der Waals surface area contributed by atoms with Crippen LogP contribution in [0.5, 0.6) is 0 Å². The number of aryl methyl sites for hydroxylation is 1. The molecule has 4 nitrogen and oxygen atoms in total. The molecular weight excluding hydrogens is 330 g/mol. The van der Waals surface area contributed by atoms with Crippen molar-refractivity contribution in [3.63, 3.8) is 0 Å². The van der Waals surface area contributed by atoms with Crippen molar-refractivity contribution in [1.29, 1.82) is 0 Å². The van der Waals surface area contributed by atoms with Crippen molar-refractivity contribution in [2.75, 3.05) is 0 Å². The maximum Gasteiger partial charge on any atom is 0.129 e. The standard InChI is InChI=1S/C13H15BrF2N4/c1-2-20-13(10(14)7-18-20)12(19-17)5-8-3-4-9(15)6-11(8)16/h3-4,6-7,12,19H,2,5,17H2,1H3. The van der Waals surface area contributed by atoms with E-state index in [0.717, 1.165) is 16.2 Å². The molecule has 0 radical (unpaired) electrons. The minimum Gasteiger partial charge on any atom is -0.271 e. The topological polar surface area (TPSA) is 55.9 Å².